The van der Waals surface area contributed by atoms with E-state index in [9.17, 15) is 13.2 Å². The lowest BCUT2D eigenvalue weighted by Gasteiger charge is -2.23. The quantitative estimate of drug-likeness (QED) is 0.775. The molecule has 0 amide bonds. The van der Waals surface area contributed by atoms with Gasteiger partial charge in [0.1, 0.15) is 0 Å². The number of hydrogen-bond acceptors (Lipinski definition) is 5. The van der Waals surface area contributed by atoms with Gasteiger partial charge in [-0.15, -0.1) is 12.4 Å². The van der Waals surface area contributed by atoms with Crippen molar-refractivity contribution >= 4 is 28.4 Å². The molecule has 23 heavy (non-hydrogen) atoms. The van der Waals surface area contributed by atoms with Crippen LogP contribution in [0.3, 0.4) is 0 Å². The molecule has 130 valence electrons. The minimum atomic E-state index is -3.57. The second-order valence-electron chi connectivity index (χ2n) is 5.54. The van der Waals surface area contributed by atoms with Gasteiger partial charge < -0.3 is 10.1 Å². The van der Waals surface area contributed by atoms with Crippen LogP contribution in [0, 0.1) is 12.8 Å². The molecule has 0 aliphatic carbocycles. The van der Waals surface area contributed by atoms with E-state index in [1.165, 1.54) is 25.3 Å². The van der Waals surface area contributed by atoms with Crippen molar-refractivity contribution in [1.29, 1.82) is 0 Å². The highest BCUT2D eigenvalue weighted by atomic mass is 35.5. The average Bonchev–Trinajstić information content (AvgIpc) is 2.53. The molecule has 1 aromatic rings. The normalized spacial score (nSPS) is 18.1. The number of sulfonamides is 1. The molecule has 0 saturated carbocycles. The van der Waals surface area contributed by atoms with Crippen molar-refractivity contribution in [3.63, 3.8) is 0 Å². The molecular weight excluding hydrogens is 340 g/mol. The molecule has 1 unspecified atom stereocenters. The van der Waals surface area contributed by atoms with Crippen LogP contribution in [0.4, 0.5) is 0 Å². The highest BCUT2D eigenvalue weighted by molar-refractivity contribution is 7.89. The van der Waals surface area contributed by atoms with Crippen molar-refractivity contribution in [3.8, 4) is 0 Å². The van der Waals surface area contributed by atoms with Gasteiger partial charge in [-0.05, 0) is 62.5 Å². The number of esters is 1. The fourth-order valence-electron chi connectivity index (χ4n) is 2.60. The summed E-state index contributed by atoms with van der Waals surface area (Å²) in [5.41, 5.74) is 0.868. The molecule has 1 aliphatic rings. The third-order valence-corrected chi connectivity index (χ3v) is 5.43. The number of ether oxygens (including phenoxy) is 1. The first kappa shape index (κ1) is 19.9. The summed E-state index contributed by atoms with van der Waals surface area (Å²) < 4.78 is 32.1. The highest BCUT2D eigenvalue weighted by Gasteiger charge is 2.21. The molecule has 2 N–H and O–H groups in total. The Morgan fingerprint density at radius 3 is 2.74 bits per heavy atom. The number of rotatable bonds is 5. The monoisotopic (exact) mass is 362 g/mol. The van der Waals surface area contributed by atoms with E-state index < -0.39 is 16.0 Å². The summed E-state index contributed by atoms with van der Waals surface area (Å²) in [6.07, 6.45) is 2.09. The molecule has 6 nitrogen and oxygen atoms in total. The van der Waals surface area contributed by atoms with Crippen LogP contribution in [-0.4, -0.2) is 41.1 Å². The fourth-order valence-corrected chi connectivity index (χ4v) is 3.94. The number of benzene rings is 1. The van der Waals surface area contributed by atoms with Crippen molar-refractivity contribution in [2.75, 3.05) is 26.7 Å². The predicted molar refractivity (Wildman–Crippen MR) is 90.5 cm³/mol. The van der Waals surface area contributed by atoms with Crippen molar-refractivity contribution in [2.24, 2.45) is 5.92 Å². The van der Waals surface area contributed by atoms with E-state index in [1.807, 2.05) is 0 Å². The Kier molecular flexibility index (Phi) is 7.47. The van der Waals surface area contributed by atoms with E-state index >= 15 is 0 Å². The van der Waals surface area contributed by atoms with E-state index in [0.717, 1.165) is 25.9 Å². The van der Waals surface area contributed by atoms with Crippen LogP contribution in [-0.2, 0) is 14.8 Å². The molecule has 0 aromatic heterocycles. The van der Waals surface area contributed by atoms with Crippen molar-refractivity contribution < 1.29 is 17.9 Å². The summed E-state index contributed by atoms with van der Waals surface area (Å²) in [6, 6.07) is 4.45. The number of methoxy groups -OCH3 is 1. The van der Waals surface area contributed by atoms with Gasteiger partial charge in [-0.25, -0.2) is 17.9 Å². The smallest absolute Gasteiger partial charge is 0.337 e. The topological polar surface area (TPSA) is 84.5 Å². The second kappa shape index (κ2) is 8.63. The third kappa shape index (κ3) is 5.17. The third-order valence-electron chi connectivity index (χ3n) is 3.85. The van der Waals surface area contributed by atoms with Crippen LogP contribution in [0.15, 0.2) is 23.1 Å². The minimum absolute atomic E-state index is 0. The molecule has 1 saturated heterocycles. The Balaban J connectivity index is 0.00000264. The van der Waals surface area contributed by atoms with Gasteiger partial charge in [-0.3, -0.25) is 0 Å². The van der Waals surface area contributed by atoms with Crippen LogP contribution in [0.5, 0.6) is 0 Å². The predicted octanol–water partition coefficient (Wildman–Crippen LogP) is 1.48. The van der Waals surface area contributed by atoms with Gasteiger partial charge in [0.25, 0.3) is 0 Å². The van der Waals surface area contributed by atoms with Crippen LogP contribution in [0.1, 0.15) is 28.8 Å². The Bertz CT molecular complexity index is 643. The average molecular weight is 363 g/mol. The number of hydrogen-bond donors (Lipinski definition) is 2. The molecular formula is C15H23ClN2O4S. The molecule has 0 spiro atoms. The lowest BCUT2D eigenvalue weighted by Crippen LogP contribution is -2.38. The first-order valence-corrected chi connectivity index (χ1v) is 8.81. The summed E-state index contributed by atoms with van der Waals surface area (Å²) in [7, 11) is -2.28. The molecule has 1 fully saturated rings. The molecule has 1 aromatic carbocycles. The van der Waals surface area contributed by atoms with Gasteiger partial charge >= 0.3 is 5.97 Å². The number of carbonyl (C=O) groups is 1. The Labute approximate surface area is 143 Å². The van der Waals surface area contributed by atoms with E-state index in [2.05, 4.69) is 14.8 Å². The van der Waals surface area contributed by atoms with Crippen LogP contribution < -0.4 is 10.0 Å². The maximum absolute atomic E-state index is 12.4. The molecule has 1 aliphatic heterocycles. The Morgan fingerprint density at radius 1 is 1.43 bits per heavy atom. The number of piperidine rings is 1. The van der Waals surface area contributed by atoms with E-state index in [4.69, 9.17) is 0 Å². The van der Waals surface area contributed by atoms with Gasteiger partial charge in [0.2, 0.25) is 10.0 Å². The molecule has 0 radical (unpaired) electrons. The first-order chi connectivity index (χ1) is 10.4. The second-order valence-corrected chi connectivity index (χ2v) is 7.27. The zero-order valence-corrected chi connectivity index (χ0v) is 14.9. The zero-order valence-electron chi connectivity index (χ0n) is 13.3. The highest BCUT2D eigenvalue weighted by Crippen LogP contribution is 2.18. The van der Waals surface area contributed by atoms with Gasteiger partial charge in [0, 0.05) is 6.54 Å². The van der Waals surface area contributed by atoms with Gasteiger partial charge in [0.05, 0.1) is 17.6 Å². The molecule has 1 heterocycles. The minimum Gasteiger partial charge on any atom is -0.465 e. The summed E-state index contributed by atoms with van der Waals surface area (Å²) in [5, 5.41) is 3.26. The Morgan fingerprint density at radius 2 is 2.17 bits per heavy atom. The van der Waals surface area contributed by atoms with E-state index in [0.29, 0.717) is 23.6 Å². The summed E-state index contributed by atoms with van der Waals surface area (Å²) >= 11 is 0. The van der Waals surface area contributed by atoms with Crippen LogP contribution in [0.25, 0.3) is 0 Å². The van der Waals surface area contributed by atoms with E-state index in [1.54, 1.807) is 6.92 Å². The van der Waals surface area contributed by atoms with Crippen LogP contribution >= 0.6 is 12.4 Å². The first-order valence-electron chi connectivity index (χ1n) is 7.33. The summed E-state index contributed by atoms with van der Waals surface area (Å²) in [5.74, 6) is -0.161. The summed E-state index contributed by atoms with van der Waals surface area (Å²) in [6.45, 7) is 3.93. The molecule has 8 heteroatoms. The molecule has 1 atom stereocenters. The van der Waals surface area contributed by atoms with Gasteiger partial charge in [0.15, 0.2) is 0 Å². The lowest BCUT2D eigenvalue weighted by molar-refractivity contribution is 0.0600. The lowest BCUT2D eigenvalue weighted by atomic mass is 10.0. The SMILES string of the molecule is COC(=O)c1ccc(S(=O)(=O)NCC2CCCNC2)c(C)c1.Cl. The van der Waals surface area contributed by atoms with Crippen molar-refractivity contribution in [2.45, 2.75) is 24.7 Å². The van der Waals surface area contributed by atoms with Crippen molar-refractivity contribution in [3.05, 3.63) is 29.3 Å². The molecule has 0 bridgehead atoms. The molecule has 2 rings (SSSR count). The largest absolute Gasteiger partial charge is 0.465 e. The summed E-state index contributed by atoms with van der Waals surface area (Å²) in [4.78, 5) is 11.7. The van der Waals surface area contributed by atoms with Crippen molar-refractivity contribution in [1.82, 2.24) is 10.0 Å². The zero-order chi connectivity index (χ0) is 16.2. The number of halogens is 1. The van der Waals surface area contributed by atoms with Gasteiger partial charge in [-0.2, -0.15) is 0 Å². The number of nitrogens with one attached hydrogen (secondary N) is 2. The maximum atomic E-state index is 12.4. The number of aryl methyl sites for hydroxylation is 1. The maximum Gasteiger partial charge on any atom is 0.337 e. The van der Waals surface area contributed by atoms with E-state index in [-0.39, 0.29) is 17.3 Å². The standard InChI is InChI=1S/C15H22N2O4S.ClH/c1-11-8-13(15(18)21-2)5-6-14(11)22(19,20)17-10-12-4-3-7-16-9-12;/h5-6,8,12,16-17H,3-4,7,9-10H2,1-2H3;1H. The Hall–Kier alpha value is -1.15. The fraction of sp³-hybridized carbons (Fsp3) is 0.533. The van der Waals surface area contributed by atoms with Crippen LogP contribution in [0.2, 0.25) is 0 Å². The number of carbonyl (C=O) groups excluding carboxylic acids is 1. The van der Waals surface area contributed by atoms with Gasteiger partial charge in [-0.1, -0.05) is 0 Å².